The molecule has 1 amide bonds. The third kappa shape index (κ3) is 4.76. The molecule has 0 spiro atoms. The fourth-order valence-corrected chi connectivity index (χ4v) is 3.31. The Morgan fingerprint density at radius 1 is 1.10 bits per heavy atom. The van der Waals surface area contributed by atoms with Crippen molar-refractivity contribution in [3.8, 4) is 0 Å². The molecule has 21 heavy (non-hydrogen) atoms. The summed E-state index contributed by atoms with van der Waals surface area (Å²) in [6.07, 6.45) is 6.67. The molecule has 1 saturated carbocycles. The highest BCUT2D eigenvalue weighted by atomic mass is 16.1. The lowest BCUT2D eigenvalue weighted by Gasteiger charge is -2.23. The lowest BCUT2D eigenvalue weighted by atomic mass is 9.95. The van der Waals surface area contributed by atoms with Gasteiger partial charge >= 0.3 is 0 Å². The summed E-state index contributed by atoms with van der Waals surface area (Å²) in [6.45, 7) is 7.04. The van der Waals surface area contributed by atoms with Crippen molar-refractivity contribution in [2.45, 2.75) is 65.3 Å². The molecule has 3 heteroatoms. The van der Waals surface area contributed by atoms with Crippen LogP contribution in [-0.2, 0) is 4.79 Å². The molecule has 0 heterocycles. The first-order valence-electron chi connectivity index (χ1n) is 8.17. The molecule has 3 nitrogen and oxygen atoms in total. The topological polar surface area (TPSA) is 41.1 Å². The smallest absolute Gasteiger partial charge is 0.221 e. The lowest BCUT2D eigenvalue weighted by molar-refractivity contribution is -0.121. The second-order valence-corrected chi connectivity index (χ2v) is 6.35. The van der Waals surface area contributed by atoms with E-state index in [4.69, 9.17) is 0 Å². The Morgan fingerprint density at radius 3 is 2.33 bits per heavy atom. The molecular weight excluding hydrogens is 260 g/mol. The maximum atomic E-state index is 12.0. The van der Waals surface area contributed by atoms with Crippen LogP contribution in [0.2, 0.25) is 0 Å². The minimum absolute atomic E-state index is 0.178. The number of aryl methyl sites for hydroxylation is 3. The van der Waals surface area contributed by atoms with Crippen molar-refractivity contribution in [2.75, 3.05) is 11.9 Å². The average molecular weight is 288 g/mol. The van der Waals surface area contributed by atoms with Gasteiger partial charge in [0.25, 0.3) is 0 Å². The van der Waals surface area contributed by atoms with Crippen molar-refractivity contribution in [3.05, 3.63) is 28.8 Å². The zero-order chi connectivity index (χ0) is 15.2. The Labute approximate surface area is 128 Å². The number of carbonyl (C=O) groups is 1. The standard InChI is InChI=1S/C18H28N2O/c1-13-11-14(2)18(15(3)12-13)19-10-9-17(21)20-16-7-5-4-6-8-16/h11-12,16,19H,4-10H2,1-3H3,(H,20,21). The van der Waals surface area contributed by atoms with Crippen molar-refractivity contribution in [1.29, 1.82) is 0 Å². The minimum Gasteiger partial charge on any atom is -0.384 e. The zero-order valence-electron chi connectivity index (χ0n) is 13.6. The average Bonchev–Trinajstić information content (AvgIpc) is 2.42. The van der Waals surface area contributed by atoms with E-state index in [2.05, 4.69) is 43.5 Å². The molecule has 0 aliphatic heterocycles. The predicted octanol–water partition coefficient (Wildman–Crippen LogP) is 3.86. The van der Waals surface area contributed by atoms with E-state index in [1.807, 2.05) is 0 Å². The summed E-state index contributed by atoms with van der Waals surface area (Å²) in [6, 6.07) is 4.77. The molecule has 0 atom stereocenters. The molecule has 2 rings (SSSR count). The van der Waals surface area contributed by atoms with Gasteiger partial charge in [-0.2, -0.15) is 0 Å². The van der Waals surface area contributed by atoms with Gasteiger partial charge in [0, 0.05) is 24.7 Å². The highest BCUT2D eigenvalue weighted by Gasteiger charge is 2.15. The second-order valence-electron chi connectivity index (χ2n) is 6.35. The third-order valence-corrected chi connectivity index (χ3v) is 4.30. The van der Waals surface area contributed by atoms with Crippen LogP contribution in [-0.4, -0.2) is 18.5 Å². The van der Waals surface area contributed by atoms with Gasteiger partial charge in [0.2, 0.25) is 5.91 Å². The van der Waals surface area contributed by atoms with E-state index in [1.54, 1.807) is 0 Å². The highest BCUT2D eigenvalue weighted by molar-refractivity contribution is 5.77. The van der Waals surface area contributed by atoms with Gasteiger partial charge in [0.1, 0.15) is 0 Å². The van der Waals surface area contributed by atoms with Crippen LogP contribution in [0.15, 0.2) is 12.1 Å². The summed E-state index contributed by atoms with van der Waals surface area (Å²) in [7, 11) is 0. The number of anilines is 1. The summed E-state index contributed by atoms with van der Waals surface area (Å²) in [5.74, 6) is 0.178. The van der Waals surface area contributed by atoms with E-state index in [0.29, 0.717) is 19.0 Å². The van der Waals surface area contributed by atoms with E-state index in [0.717, 1.165) is 12.8 Å². The SMILES string of the molecule is Cc1cc(C)c(NCCC(=O)NC2CCCCC2)c(C)c1. The first-order valence-corrected chi connectivity index (χ1v) is 8.17. The molecule has 1 aromatic carbocycles. The largest absolute Gasteiger partial charge is 0.384 e. The predicted molar refractivity (Wildman–Crippen MR) is 88.8 cm³/mol. The van der Waals surface area contributed by atoms with Crippen LogP contribution in [0.25, 0.3) is 0 Å². The van der Waals surface area contributed by atoms with Crippen LogP contribution in [0, 0.1) is 20.8 Å². The van der Waals surface area contributed by atoms with Crippen LogP contribution < -0.4 is 10.6 Å². The van der Waals surface area contributed by atoms with Gasteiger partial charge < -0.3 is 10.6 Å². The van der Waals surface area contributed by atoms with E-state index in [9.17, 15) is 4.79 Å². The third-order valence-electron chi connectivity index (χ3n) is 4.30. The quantitative estimate of drug-likeness (QED) is 0.863. The Hall–Kier alpha value is -1.51. The van der Waals surface area contributed by atoms with Crippen molar-refractivity contribution in [3.63, 3.8) is 0 Å². The fraction of sp³-hybridized carbons (Fsp3) is 0.611. The summed E-state index contributed by atoms with van der Waals surface area (Å²) >= 11 is 0. The number of hydrogen-bond acceptors (Lipinski definition) is 2. The van der Waals surface area contributed by atoms with Gasteiger partial charge in [-0.25, -0.2) is 0 Å². The summed E-state index contributed by atoms with van der Waals surface area (Å²) in [4.78, 5) is 12.0. The maximum absolute atomic E-state index is 12.0. The Kier molecular flexibility index (Phi) is 5.66. The van der Waals surface area contributed by atoms with Gasteiger partial charge in [0.15, 0.2) is 0 Å². The molecule has 0 saturated heterocycles. The van der Waals surface area contributed by atoms with Crippen LogP contribution in [0.1, 0.15) is 55.2 Å². The van der Waals surface area contributed by atoms with Crippen molar-refractivity contribution < 1.29 is 4.79 Å². The Balaban J connectivity index is 1.77. The molecule has 1 aliphatic rings. The second kappa shape index (κ2) is 7.48. The van der Waals surface area contributed by atoms with Crippen molar-refractivity contribution >= 4 is 11.6 Å². The number of benzene rings is 1. The monoisotopic (exact) mass is 288 g/mol. The number of carbonyl (C=O) groups excluding carboxylic acids is 1. The van der Waals surface area contributed by atoms with Gasteiger partial charge in [-0.3, -0.25) is 4.79 Å². The first-order chi connectivity index (χ1) is 10.1. The molecule has 2 N–H and O–H groups in total. The molecule has 1 aliphatic carbocycles. The molecule has 0 radical (unpaired) electrons. The lowest BCUT2D eigenvalue weighted by Crippen LogP contribution is -2.36. The van der Waals surface area contributed by atoms with Gasteiger partial charge in [-0.1, -0.05) is 37.0 Å². The van der Waals surface area contributed by atoms with Gasteiger partial charge in [-0.05, 0) is 44.7 Å². The van der Waals surface area contributed by atoms with Gasteiger partial charge in [0.05, 0.1) is 0 Å². The van der Waals surface area contributed by atoms with E-state index >= 15 is 0 Å². The number of hydrogen-bond donors (Lipinski definition) is 2. The molecular formula is C18H28N2O. The molecule has 1 fully saturated rings. The van der Waals surface area contributed by atoms with Crippen LogP contribution in [0.4, 0.5) is 5.69 Å². The van der Waals surface area contributed by atoms with E-state index in [1.165, 1.54) is 41.6 Å². The summed E-state index contributed by atoms with van der Waals surface area (Å²) in [5, 5.41) is 6.58. The van der Waals surface area contributed by atoms with Crippen molar-refractivity contribution in [1.82, 2.24) is 5.32 Å². The van der Waals surface area contributed by atoms with Gasteiger partial charge in [-0.15, -0.1) is 0 Å². The van der Waals surface area contributed by atoms with E-state index in [-0.39, 0.29) is 5.91 Å². The molecule has 0 unspecified atom stereocenters. The Morgan fingerprint density at radius 2 is 1.71 bits per heavy atom. The maximum Gasteiger partial charge on any atom is 0.221 e. The van der Waals surface area contributed by atoms with Crippen LogP contribution >= 0.6 is 0 Å². The molecule has 0 bridgehead atoms. The Bertz CT molecular complexity index is 467. The number of rotatable bonds is 5. The molecule has 0 aromatic heterocycles. The number of amides is 1. The van der Waals surface area contributed by atoms with Crippen LogP contribution in [0.5, 0.6) is 0 Å². The molecule has 1 aromatic rings. The fourth-order valence-electron chi connectivity index (χ4n) is 3.31. The summed E-state index contributed by atoms with van der Waals surface area (Å²) < 4.78 is 0. The van der Waals surface area contributed by atoms with Crippen LogP contribution in [0.3, 0.4) is 0 Å². The van der Waals surface area contributed by atoms with E-state index < -0.39 is 0 Å². The normalized spacial score (nSPS) is 15.8. The summed E-state index contributed by atoms with van der Waals surface area (Å²) in [5.41, 5.74) is 4.96. The minimum atomic E-state index is 0.178. The number of nitrogens with one attached hydrogen (secondary N) is 2. The molecule has 116 valence electrons. The zero-order valence-corrected chi connectivity index (χ0v) is 13.6. The van der Waals surface area contributed by atoms with Crippen molar-refractivity contribution in [2.24, 2.45) is 0 Å². The highest BCUT2D eigenvalue weighted by Crippen LogP contribution is 2.22. The first kappa shape index (κ1) is 15.9.